The summed E-state index contributed by atoms with van der Waals surface area (Å²) in [6, 6.07) is 16.0. The highest BCUT2D eigenvalue weighted by atomic mass is 35.5. The lowest BCUT2D eigenvalue weighted by Gasteiger charge is -2.44. The van der Waals surface area contributed by atoms with Gasteiger partial charge in [0.1, 0.15) is 29.4 Å². The fraction of sp³-hybridized carbons (Fsp3) is 0.324. The number of carbonyl (C=O) groups is 2. The minimum Gasteiger partial charge on any atom is -0.506 e. The van der Waals surface area contributed by atoms with Gasteiger partial charge in [0.05, 0.1) is 36.4 Å². The lowest BCUT2D eigenvalue weighted by atomic mass is 9.86. The van der Waals surface area contributed by atoms with E-state index in [9.17, 15) is 19.8 Å². The minimum atomic E-state index is -0.819. The second-order valence-corrected chi connectivity index (χ2v) is 13.1. The van der Waals surface area contributed by atoms with Crippen molar-refractivity contribution < 1.29 is 38.7 Å². The number of phenols is 2. The van der Waals surface area contributed by atoms with Gasteiger partial charge in [0.2, 0.25) is 0 Å². The molecule has 1 amide bonds. The largest absolute Gasteiger partial charge is 0.506 e. The summed E-state index contributed by atoms with van der Waals surface area (Å²) >= 11 is 12.9. The maximum Gasteiger partial charge on any atom is 0.415 e. The number of pyridine rings is 1. The van der Waals surface area contributed by atoms with Crippen LogP contribution in [-0.4, -0.2) is 72.1 Å². The van der Waals surface area contributed by atoms with E-state index in [2.05, 4.69) is 9.88 Å². The zero-order valence-electron chi connectivity index (χ0n) is 27.6. The summed E-state index contributed by atoms with van der Waals surface area (Å²) in [5, 5.41) is 22.0. The fourth-order valence-electron chi connectivity index (χ4n) is 6.49. The molecule has 2 atom stereocenters. The summed E-state index contributed by atoms with van der Waals surface area (Å²) in [4.78, 5) is 34.8. The van der Waals surface area contributed by atoms with Crippen LogP contribution in [0.15, 0.2) is 73.1 Å². The number of benzene rings is 3. The van der Waals surface area contributed by atoms with Crippen LogP contribution in [0.2, 0.25) is 10.0 Å². The Kier molecular flexibility index (Phi) is 10.9. The topological polar surface area (TPSA) is 131 Å². The molecule has 262 valence electrons. The fourth-order valence-corrected chi connectivity index (χ4v) is 7.01. The number of carbonyl (C=O) groups excluding carboxylic acids is 2. The van der Waals surface area contributed by atoms with Crippen LogP contribution < -0.4 is 14.4 Å². The average Bonchev–Trinajstić information content (AvgIpc) is 3.12. The number of hydrogen-bond acceptors (Lipinski definition) is 10. The Balaban J connectivity index is 1.23. The van der Waals surface area contributed by atoms with Crippen molar-refractivity contribution in [1.29, 1.82) is 0 Å². The zero-order valence-corrected chi connectivity index (χ0v) is 29.1. The Morgan fingerprint density at radius 3 is 2.20 bits per heavy atom. The molecule has 0 aliphatic carbocycles. The number of halogens is 2. The summed E-state index contributed by atoms with van der Waals surface area (Å²) in [6.45, 7) is 2.57. The Labute approximate surface area is 299 Å². The van der Waals surface area contributed by atoms with Crippen LogP contribution in [-0.2, 0) is 22.4 Å². The first-order valence-corrected chi connectivity index (χ1v) is 16.9. The molecule has 50 heavy (non-hydrogen) atoms. The van der Waals surface area contributed by atoms with E-state index >= 15 is 0 Å². The van der Waals surface area contributed by atoms with Crippen LogP contribution in [0.5, 0.6) is 23.0 Å². The van der Waals surface area contributed by atoms with E-state index < -0.39 is 18.2 Å². The van der Waals surface area contributed by atoms with Crippen molar-refractivity contribution in [2.75, 3.05) is 38.8 Å². The number of nitrogens with zero attached hydrogens (tertiary/aromatic N) is 3. The first-order valence-electron chi connectivity index (χ1n) is 16.2. The Hall–Kier alpha value is -4.71. The molecule has 7 rings (SSSR count). The van der Waals surface area contributed by atoms with Gasteiger partial charge in [0, 0.05) is 25.4 Å². The number of aromatic nitrogens is 1. The third kappa shape index (κ3) is 7.70. The second kappa shape index (κ2) is 15.5. The number of methoxy groups -OCH3 is 2. The number of ether oxygens (including phenoxy) is 4. The third-order valence-electron chi connectivity index (χ3n) is 9.23. The van der Waals surface area contributed by atoms with Gasteiger partial charge >= 0.3 is 12.1 Å². The van der Waals surface area contributed by atoms with Gasteiger partial charge in [0.15, 0.2) is 11.5 Å². The molecule has 11 nitrogen and oxygen atoms in total. The molecular weight excluding hydrogens is 685 g/mol. The number of aromatic hydroxyl groups is 2. The van der Waals surface area contributed by atoms with Gasteiger partial charge in [-0.2, -0.15) is 0 Å². The summed E-state index contributed by atoms with van der Waals surface area (Å²) in [5.74, 6) is 0.0699. The number of fused-ring (bicyclic) bond motifs is 3. The Morgan fingerprint density at radius 2 is 1.60 bits per heavy atom. The molecule has 2 bridgehead atoms. The van der Waals surface area contributed by atoms with Crippen molar-refractivity contribution in [2.24, 2.45) is 5.92 Å². The summed E-state index contributed by atoms with van der Waals surface area (Å²) in [5.41, 5.74) is 1.98. The molecule has 1 aromatic heterocycles. The molecular formula is C37H37Cl2N3O8. The van der Waals surface area contributed by atoms with Gasteiger partial charge in [-0.25, -0.2) is 9.59 Å². The molecule has 0 unspecified atom stereocenters. The molecule has 0 radical (unpaired) electrons. The predicted octanol–water partition coefficient (Wildman–Crippen LogP) is 7.20. The number of hydrogen-bond donors (Lipinski definition) is 2. The second-order valence-electron chi connectivity index (χ2n) is 12.3. The number of para-hydroxylation sites is 1. The van der Waals surface area contributed by atoms with Gasteiger partial charge in [-0.3, -0.25) is 14.8 Å². The molecule has 2 N–H and O–H groups in total. The first kappa shape index (κ1) is 35.1. The molecule has 3 aliphatic rings. The molecule has 3 saturated heterocycles. The van der Waals surface area contributed by atoms with Gasteiger partial charge in [-0.05, 0) is 84.9 Å². The number of anilines is 1. The smallest absolute Gasteiger partial charge is 0.415 e. The number of rotatable bonds is 11. The van der Waals surface area contributed by atoms with Crippen LogP contribution in [0.3, 0.4) is 0 Å². The summed E-state index contributed by atoms with van der Waals surface area (Å²) < 4.78 is 22.9. The van der Waals surface area contributed by atoms with Gasteiger partial charge in [-0.15, -0.1) is 0 Å². The summed E-state index contributed by atoms with van der Waals surface area (Å²) in [6.07, 6.45) is 3.21. The number of phenolic OH excluding ortho intramolecular Hbond substituents is 2. The van der Waals surface area contributed by atoms with Crippen molar-refractivity contribution in [3.8, 4) is 23.0 Å². The number of esters is 1. The van der Waals surface area contributed by atoms with Crippen molar-refractivity contribution in [2.45, 2.75) is 38.0 Å². The molecule has 3 aromatic carbocycles. The molecule has 0 saturated carbocycles. The molecule has 3 fully saturated rings. The Morgan fingerprint density at radius 1 is 0.940 bits per heavy atom. The van der Waals surface area contributed by atoms with Crippen molar-refractivity contribution in [3.05, 3.63) is 105 Å². The maximum absolute atomic E-state index is 13.7. The van der Waals surface area contributed by atoms with Crippen LogP contribution >= 0.6 is 23.2 Å². The highest BCUT2D eigenvalue weighted by Gasteiger charge is 2.38. The Bertz CT molecular complexity index is 1810. The molecule has 13 heteroatoms. The summed E-state index contributed by atoms with van der Waals surface area (Å²) in [7, 11) is 3.04. The van der Waals surface area contributed by atoms with Crippen LogP contribution in [0, 0.1) is 5.92 Å². The van der Waals surface area contributed by atoms with E-state index in [1.165, 1.54) is 49.7 Å². The normalized spacial score (nSPS) is 18.6. The zero-order chi connectivity index (χ0) is 35.4. The number of amides is 1. The van der Waals surface area contributed by atoms with Gasteiger partial charge in [0.25, 0.3) is 0 Å². The molecule has 4 heterocycles. The van der Waals surface area contributed by atoms with E-state index in [0.29, 0.717) is 44.8 Å². The van der Waals surface area contributed by atoms with Crippen molar-refractivity contribution in [3.63, 3.8) is 0 Å². The van der Waals surface area contributed by atoms with E-state index in [-0.39, 0.29) is 47.7 Å². The highest BCUT2D eigenvalue weighted by molar-refractivity contribution is 6.35. The molecule has 4 aromatic rings. The third-order valence-corrected chi connectivity index (χ3v) is 9.88. The number of piperidine rings is 3. The lowest BCUT2D eigenvalue weighted by Crippen LogP contribution is -2.53. The van der Waals surface area contributed by atoms with E-state index in [0.717, 1.165) is 25.9 Å². The lowest BCUT2D eigenvalue weighted by molar-refractivity contribution is -0.0312. The van der Waals surface area contributed by atoms with E-state index in [1.54, 1.807) is 42.5 Å². The monoisotopic (exact) mass is 721 g/mol. The minimum absolute atomic E-state index is 0.0479. The van der Waals surface area contributed by atoms with Crippen molar-refractivity contribution >= 4 is 41.0 Å². The first-order chi connectivity index (χ1) is 24.1. The van der Waals surface area contributed by atoms with Gasteiger partial charge in [-0.1, -0.05) is 47.5 Å². The molecule has 0 spiro atoms. The van der Waals surface area contributed by atoms with Crippen LogP contribution in [0.25, 0.3) is 0 Å². The highest BCUT2D eigenvalue weighted by Crippen LogP contribution is 2.39. The van der Waals surface area contributed by atoms with Crippen molar-refractivity contribution in [1.82, 2.24) is 9.88 Å². The van der Waals surface area contributed by atoms with Crippen LogP contribution in [0.1, 0.15) is 46.0 Å². The maximum atomic E-state index is 13.7. The average molecular weight is 723 g/mol. The van der Waals surface area contributed by atoms with Crippen LogP contribution in [0.4, 0.5) is 10.5 Å². The SMILES string of the molecule is COc1ccc([C@H](Cc2c(Cl)cncc2Cl)OC(=O)c2ccc(CN(C(=O)O[C@H]3CN4CCC3CC4)c3c(O)cccc3O)cc2)cc1OC. The quantitative estimate of drug-likeness (QED) is 0.153. The van der Waals surface area contributed by atoms with E-state index in [1.807, 2.05) is 0 Å². The van der Waals surface area contributed by atoms with Gasteiger partial charge < -0.3 is 29.2 Å². The van der Waals surface area contributed by atoms with E-state index in [4.69, 9.17) is 42.1 Å². The predicted molar refractivity (Wildman–Crippen MR) is 187 cm³/mol. The molecule has 3 aliphatic heterocycles. The standard InChI is InChI=1S/C37H37Cl2N3O8/c1-47-31-11-10-25(16-33(31)48-2)32(17-26-27(38)18-40-19-28(26)39)49-36(45)24-8-6-22(7-9-24)20-42(35-29(43)4-3-5-30(35)44)37(46)50-34-21-41-14-12-23(34)13-15-41/h3-11,16,18-19,23,32,34,43-44H,12-15,17,20-21H2,1-2H3/t32-,34-/m0/s1.